The predicted octanol–water partition coefficient (Wildman–Crippen LogP) is 2.74. The van der Waals surface area contributed by atoms with Gasteiger partial charge in [-0.2, -0.15) is 0 Å². The Morgan fingerprint density at radius 3 is 2.42 bits per heavy atom. The molecule has 0 spiro atoms. The number of amides is 1. The van der Waals surface area contributed by atoms with Crippen molar-refractivity contribution < 1.29 is 29.0 Å². The monoisotopic (exact) mass is 365 g/mol. The van der Waals surface area contributed by atoms with E-state index in [9.17, 15) is 19.5 Å². The van der Waals surface area contributed by atoms with Crippen LogP contribution in [0.2, 0.25) is 0 Å². The molecule has 0 saturated heterocycles. The fourth-order valence-electron chi connectivity index (χ4n) is 2.29. The Balaban J connectivity index is 2.64. The van der Waals surface area contributed by atoms with Crippen molar-refractivity contribution >= 4 is 17.8 Å². The van der Waals surface area contributed by atoms with Gasteiger partial charge in [-0.1, -0.05) is 18.2 Å². The highest BCUT2D eigenvalue weighted by molar-refractivity contribution is 5.91. The third-order valence-electron chi connectivity index (χ3n) is 3.54. The molecule has 7 nitrogen and oxygen atoms in total. The number of rotatable bonds is 8. The molecular weight excluding hydrogens is 338 g/mol. The van der Waals surface area contributed by atoms with Crippen LogP contribution in [-0.4, -0.2) is 41.7 Å². The van der Waals surface area contributed by atoms with Crippen LogP contribution in [0, 0.1) is 0 Å². The number of esters is 1. The third kappa shape index (κ3) is 8.00. The van der Waals surface area contributed by atoms with Gasteiger partial charge in [0.05, 0.1) is 13.5 Å². The number of aromatic hydroxyl groups is 1. The Morgan fingerprint density at radius 1 is 1.19 bits per heavy atom. The number of ketones is 1. The lowest BCUT2D eigenvalue weighted by molar-refractivity contribution is -0.142. The first-order valence-corrected chi connectivity index (χ1v) is 8.48. The molecule has 26 heavy (non-hydrogen) atoms. The molecule has 2 N–H and O–H groups in total. The largest absolute Gasteiger partial charge is 0.508 e. The van der Waals surface area contributed by atoms with Crippen LogP contribution in [0.3, 0.4) is 0 Å². The fraction of sp³-hybridized carbons (Fsp3) is 0.526. The second-order valence-corrected chi connectivity index (χ2v) is 6.93. The van der Waals surface area contributed by atoms with Gasteiger partial charge in [-0.3, -0.25) is 9.59 Å². The van der Waals surface area contributed by atoms with Crippen LogP contribution in [0.1, 0.15) is 45.6 Å². The molecule has 1 aromatic carbocycles. The lowest BCUT2D eigenvalue weighted by Crippen LogP contribution is -2.44. The molecule has 0 aliphatic heterocycles. The molecule has 0 aliphatic rings. The molecule has 0 radical (unpaired) electrons. The number of hydrogen-bond donors (Lipinski definition) is 2. The van der Waals surface area contributed by atoms with Crippen LogP contribution >= 0.6 is 0 Å². The van der Waals surface area contributed by atoms with Gasteiger partial charge in [0.25, 0.3) is 0 Å². The number of nitrogens with one attached hydrogen (secondary N) is 1. The number of aryl methyl sites for hydroxylation is 1. The van der Waals surface area contributed by atoms with E-state index in [1.165, 1.54) is 7.11 Å². The number of benzene rings is 1. The zero-order valence-electron chi connectivity index (χ0n) is 15.7. The molecule has 0 unspecified atom stereocenters. The van der Waals surface area contributed by atoms with Gasteiger partial charge in [0.2, 0.25) is 0 Å². The quantitative estimate of drug-likeness (QED) is 0.687. The molecule has 1 aromatic rings. The van der Waals surface area contributed by atoms with Crippen LogP contribution < -0.4 is 5.32 Å². The maximum atomic E-state index is 12.4. The fourth-order valence-corrected chi connectivity index (χ4v) is 2.29. The van der Waals surface area contributed by atoms with E-state index >= 15 is 0 Å². The van der Waals surface area contributed by atoms with Gasteiger partial charge in [-0.15, -0.1) is 0 Å². The summed E-state index contributed by atoms with van der Waals surface area (Å²) in [4.78, 5) is 35.9. The van der Waals surface area contributed by atoms with Crippen molar-refractivity contribution in [1.29, 1.82) is 0 Å². The summed E-state index contributed by atoms with van der Waals surface area (Å²) in [7, 11) is 1.22. The average Bonchev–Trinajstić information content (AvgIpc) is 2.54. The molecule has 0 fully saturated rings. The molecule has 1 atom stereocenters. The number of hydrogen-bond acceptors (Lipinski definition) is 6. The van der Waals surface area contributed by atoms with Crippen molar-refractivity contribution in [3.63, 3.8) is 0 Å². The zero-order valence-corrected chi connectivity index (χ0v) is 15.7. The van der Waals surface area contributed by atoms with Crippen molar-refractivity contribution in [2.24, 2.45) is 0 Å². The van der Waals surface area contributed by atoms with Gasteiger partial charge in [-0.25, -0.2) is 4.79 Å². The van der Waals surface area contributed by atoms with Crippen molar-refractivity contribution in [2.75, 3.05) is 7.11 Å². The van der Waals surface area contributed by atoms with Gasteiger partial charge in [-0.05, 0) is 45.2 Å². The first kappa shape index (κ1) is 21.5. The van der Waals surface area contributed by atoms with E-state index < -0.39 is 23.7 Å². The second-order valence-electron chi connectivity index (χ2n) is 6.93. The van der Waals surface area contributed by atoms with Crippen molar-refractivity contribution in [1.82, 2.24) is 5.32 Å². The summed E-state index contributed by atoms with van der Waals surface area (Å²) in [5.74, 6) is -0.713. The highest BCUT2D eigenvalue weighted by atomic mass is 16.6. The molecule has 1 rings (SSSR count). The van der Waals surface area contributed by atoms with Crippen LogP contribution in [0.5, 0.6) is 5.75 Å². The first-order valence-electron chi connectivity index (χ1n) is 8.48. The second kappa shape index (κ2) is 9.79. The van der Waals surface area contributed by atoms with Crippen molar-refractivity contribution in [2.45, 2.75) is 58.1 Å². The normalized spacial score (nSPS) is 12.2. The molecule has 0 aliphatic carbocycles. The summed E-state index contributed by atoms with van der Waals surface area (Å²) >= 11 is 0. The Bertz CT molecular complexity index is 635. The van der Waals surface area contributed by atoms with E-state index in [1.54, 1.807) is 45.0 Å². The molecule has 1 amide bonds. The van der Waals surface area contributed by atoms with Crippen LogP contribution in [-0.2, 0) is 25.5 Å². The Hall–Kier alpha value is -2.57. The number of carbonyl (C=O) groups excluding carboxylic acids is 3. The number of phenols is 1. The van der Waals surface area contributed by atoms with E-state index in [0.717, 1.165) is 5.56 Å². The summed E-state index contributed by atoms with van der Waals surface area (Å²) < 4.78 is 9.72. The minimum atomic E-state index is -1.01. The summed E-state index contributed by atoms with van der Waals surface area (Å²) in [6.45, 7) is 5.11. The molecule has 0 bridgehead atoms. The number of carbonyl (C=O) groups is 3. The van der Waals surface area contributed by atoms with E-state index in [4.69, 9.17) is 4.74 Å². The van der Waals surface area contributed by atoms with Gasteiger partial charge >= 0.3 is 12.1 Å². The summed E-state index contributed by atoms with van der Waals surface area (Å²) in [5.41, 5.74) is 0.0262. The third-order valence-corrected chi connectivity index (χ3v) is 3.54. The Labute approximate surface area is 153 Å². The summed E-state index contributed by atoms with van der Waals surface area (Å²) in [6, 6.07) is 5.88. The van der Waals surface area contributed by atoms with E-state index in [1.807, 2.05) is 0 Å². The highest BCUT2D eigenvalue weighted by Gasteiger charge is 2.26. The average molecular weight is 365 g/mol. The summed E-state index contributed by atoms with van der Waals surface area (Å²) in [6.07, 6.45) is 0.108. The Morgan fingerprint density at radius 2 is 1.85 bits per heavy atom. The smallest absolute Gasteiger partial charge is 0.408 e. The minimum absolute atomic E-state index is 0.145. The van der Waals surface area contributed by atoms with Gasteiger partial charge in [0, 0.05) is 6.42 Å². The van der Waals surface area contributed by atoms with Crippen LogP contribution in [0.25, 0.3) is 0 Å². The Kier molecular flexibility index (Phi) is 8.09. The molecule has 0 aromatic heterocycles. The van der Waals surface area contributed by atoms with E-state index in [0.29, 0.717) is 12.8 Å². The van der Waals surface area contributed by atoms with Crippen molar-refractivity contribution in [3.8, 4) is 5.75 Å². The van der Waals surface area contributed by atoms with E-state index in [2.05, 4.69) is 10.1 Å². The number of methoxy groups -OCH3 is 1. The maximum Gasteiger partial charge on any atom is 0.408 e. The topological polar surface area (TPSA) is 102 Å². The van der Waals surface area contributed by atoms with Gasteiger partial charge in [0.1, 0.15) is 17.4 Å². The predicted molar refractivity (Wildman–Crippen MR) is 95.8 cm³/mol. The number of ether oxygens (including phenoxy) is 2. The van der Waals surface area contributed by atoms with Gasteiger partial charge < -0.3 is 19.9 Å². The first-order chi connectivity index (χ1) is 12.1. The number of alkyl carbamates (subject to hydrolysis) is 1. The van der Waals surface area contributed by atoms with Crippen LogP contribution in [0.15, 0.2) is 24.3 Å². The minimum Gasteiger partial charge on any atom is -0.508 e. The standard InChI is InChI=1S/C19H27NO6/c1-19(2,3)26-18(24)20-14(12-17(23)25-4)16(22)11-7-9-13-8-5-6-10-15(13)21/h5-6,8,10,14,21H,7,9,11-12H2,1-4H3,(H,20,24)/t14-/m0/s1. The number of Topliss-reactive ketones (excluding diaryl/α,β-unsaturated/α-hetero) is 1. The molecule has 144 valence electrons. The SMILES string of the molecule is COC(=O)C[C@H](NC(=O)OC(C)(C)C)C(=O)CCCc1ccccc1O. The zero-order chi connectivity index (χ0) is 19.7. The van der Waals surface area contributed by atoms with E-state index in [-0.39, 0.29) is 24.4 Å². The molecular formula is C19H27NO6. The van der Waals surface area contributed by atoms with Crippen molar-refractivity contribution in [3.05, 3.63) is 29.8 Å². The number of para-hydroxylation sites is 1. The maximum absolute atomic E-state index is 12.4. The number of phenolic OH excluding ortho intramolecular Hbond substituents is 1. The molecule has 0 heterocycles. The van der Waals surface area contributed by atoms with Crippen LogP contribution in [0.4, 0.5) is 4.79 Å². The summed E-state index contributed by atoms with van der Waals surface area (Å²) in [5, 5.41) is 12.2. The van der Waals surface area contributed by atoms with Gasteiger partial charge in [0.15, 0.2) is 5.78 Å². The lowest BCUT2D eigenvalue weighted by atomic mass is 10.0. The molecule has 7 heteroatoms. The molecule has 0 saturated carbocycles. The highest BCUT2D eigenvalue weighted by Crippen LogP contribution is 2.18. The lowest BCUT2D eigenvalue weighted by Gasteiger charge is -2.22.